The van der Waals surface area contributed by atoms with E-state index >= 15 is 0 Å². The number of fused-ring (bicyclic) bond motifs is 1. The predicted octanol–water partition coefficient (Wildman–Crippen LogP) is 6.13. The van der Waals surface area contributed by atoms with Gasteiger partial charge < -0.3 is 14.0 Å². The molecule has 0 unspecified atom stereocenters. The summed E-state index contributed by atoms with van der Waals surface area (Å²) in [6.07, 6.45) is 0. The summed E-state index contributed by atoms with van der Waals surface area (Å²) in [6, 6.07) is 18.4. The average molecular weight is 452 g/mol. The standard InChI is InChI=1S/C25H19ClFNO4/c1-3-31-24(29)22-15(2)28(16-8-5-4-6-9-16)21-13-12-17(14-18(21)22)32-25(30)23-19(26)10-7-11-20(23)27/h4-14H,3H2,1-2H3. The summed E-state index contributed by atoms with van der Waals surface area (Å²) < 4.78 is 26.7. The number of hydrogen-bond acceptors (Lipinski definition) is 4. The third-order valence-electron chi connectivity index (χ3n) is 5.05. The Hall–Kier alpha value is -3.64. The summed E-state index contributed by atoms with van der Waals surface area (Å²) in [5.41, 5.74) is 2.31. The second-order valence-corrected chi connectivity index (χ2v) is 7.42. The average Bonchev–Trinajstić information content (AvgIpc) is 3.05. The van der Waals surface area contributed by atoms with Crippen molar-refractivity contribution in [3.05, 3.63) is 94.4 Å². The predicted molar refractivity (Wildman–Crippen MR) is 120 cm³/mol. The number of ether oxygens (including phenoxy) is 2. The summed E-state index contributed by atoms with van der Waals surface area (Å²) in [6.45, 7) is 3.77. The molecule has 0 bridgehead atoms. The van der Waals surface area contributed by atoms with Crippen molar-refractivity contribution in [1.29, 1.82) is 0 Å². The number of nitrogens with zero attached hydrogens (tertiary/aromatic N) is 1. The second-order valence-electron chi connectivity index (χ2n) is 7.02. The molecule has 0 spiro atoms. The van der Waals surface area contributed by atoms with Crippen LogP contribution in [-0.4, -0.2) is 23.1 Å². The van der Waals surface area contributed by atoms with E-state index in [-0.39, 0.29) is 22.9 Å². The van der Waals surface area contributed by atoms with Gasteiger partial charge in [-0.3, -0.25) is 0 Å². The van der Waals surface area contributed by atoms with E-state index in [0.717, 1.165) is 17.3 Å². The van der Waals surface area contributed by atoms with Crippen molar-refractivity contribution < 1.29 is 23.5 Å². The molecule has 4 aromatic rings. The molecule has 1 heterocycles. The molecule has 0 fully saturated rings. The van der Waals surface area contributed by atoms with E-state index in [4.69, 9.17) is 21.1 Å². The summed E-state index contributed by atoms with van der Waals surface area (Å²) in [4.78, 5) is 25.3. The molecule has 0 aliphatic heterocycles. The highest BCUT2D eigenvalue weighted by molar-refractivity contribution is 6.33. The molecule has 162 valence electrons. The van der Waals surface area contributed by atoms with Crippen molar-refractivity contribution in [2.45, 2.75) is 13.8 Å². The van der Waals surface area contributed by atoms with Crippen LogP contribution >= 0.6 is 11.6 Å². The number of carbonyl (C=O) groups excluding carboxylic acids is 2. The van der Waals surface area contributed by atoms with Crippen LogP contribution in [0.2, 0.25) is 5.02 Å². The summed E-state index contributed by atoms with van der Waals surface area (Å²) in [7, 11) is 0. The van der Waals surface area contributed by atoms with Crippen molar-refractivity contribution in [2.24, 2.45) is 0 Å². The molecule has 0 saturated heterocycles. The fraction of sp³-hybridized carbons (Fsp3) is 0.120. The van der Waals surface area contributed by atoms with Crippen molar-refractivity contribution >= 4 is 34.4 Å². The number of carbonyl (C=O) groups is 2. The summed E-state index contributed by atoms with van der Waals surface area (Å²) in [5.74, 6) is -2.03. The fourth-order valence-corrected chi connectivity index (χ4v) is 3.92. The monoisotopic (exact) mass is 451 g/mol. The van der Waals surface area contributed by atoms with Gasteiger partial charge in [-0.25, -0.2) is 14.0 Å². The van der Waals surface area contributed by atoms with Crippen LogP contribution in [0.1, 0.15) is 33.3 Å². The summed E-state index contributed by atoms with van der Waals surface area (Å²) >= 11 is 5.97. The molecule has 0 aliphatic rings. The lowest BCUT2D eigenvalue weighted by molar-refractivity contribution is 0.0527. The second kappa shape index (κ2) is 8.85. The maximum absolute atomic E-state index is 14.1. The van der Waals surface area contributed by atoms with Crippen molar-refractivity contribution in [3.8, 4) is 11.4 Å². The van der Waals surface area contributed by atoms with Crippen molar-refractivity contribution in [1.82, 2.24) is 4.57 Å². The molecular weight excluding hydrogens is 433 g/mol. The number of benzene rings is 3. The maximum Gasteiger partial charge on any atom is 0.348 e. The molecule has 0 radical (unpaired) electrons. The normalized spacial score (nSPS) is 10.9. The maximum atomic E-state index is 14.1. The fourth-order valence-electron chi connectivity index (χ4n) is 3.68. The van der Waals surface area contributed by atoms with E-state index in [1.54, 1.807) is 25.1 Å². The van der Waals surface area contributed by atoms with Gasteiger partial charge in [0, 0.05) is 16.8 Å². The zero-order valence-corrected chi connectivity index (χ0v) is 18.2. The van der Waals surface area contributed by atoms with Gasteiger partial charge in [0.2, 0.25) is 0 Å². The van der Waals surface area contributed by atoms with Gasteiger partial charge in [0.25, 0.3) is 0 Å². The first-order valence-electron chi connectivity index (χ1n) is 9.96. The molecule has 3 aromatic carbocycles. The number of esters is 2. The Bertz CT molecular complexity index is 1310. The highest BCUT2D eigenvalue weighted by Crippen LogP contribution is 2.33. The molecule has 7 heteroatoms. The highest BCUT2D eigenvalue weighted by Gasteiger charge is 2.24. The Balaban J connectivity index is 1.83. The van der Waals surface area contributed by atoms with Gasteiger partial charge in [-0.15, -0.1) is 0 Å². The third kappa shape index (κ3) is 3.85. The first kappa shape index (κ1) is 21.6. The minimum absolute atomic E-state index is 0.0469. The van der Waals surface area contributed by atoms with Gasteiger partial charge in [-0.1, -0.05) is 35.9 Å². The van der Waals surface area contributed by atoms with Gasteiger partial charge in [-0.2, -0.15) is 0 Å². The molecule has 32 heavy (non-hydrogen) atoms. The Kier molecular flexibility index (Phi) is 5.97. The van der Waals surface area contributed by atoms with Crippen LogP contribution in [0, 0.1) is 12.7 Å². The Morgan fingerprint density at radius 3 is 2.41 bits per heavy atom. The van der Waals surface area contributed by atoms with Crippen LogP contribution in [0.5, 0.6) is 5.75 Å². The minimum atomic E-state index is -0.927. The number of hydrogen-bond donors (Lipinski definition) is 0. The highest BCUT2D eigenvalue weighted by atomic mass is 35.5. The van der Waals surface area contributed by atoms with E-state index in [0.29, 0.717) is 16.6 Å². The van der Waals surface area contributed by atoms with E-state index in [9.17, 15) is 14.0 Å². The Labute approximate surface area is 188 Å². The molecule has 1 aromatic heterocycles. The van der Waals surface area contributed by atoms with Crippen LogP contribution in [0.3, 0.4) is 0 Å². The van der Waals surface area contributed by atoms with E-state index in [1.165, 1.54) is 12.1 Å². The number of rotatable bonds is 5. The Morgan fingerprint density at radius 1 is 0.969 bits per heavy atom. The molecule has 4 rings (SSSR count). The van der Waals surface area contributed by atoms with Crippen LogP contribution in [-0.2, 0) is 4.74 Å². The Morgan fingerprint density at radius 2 is 1.72 bits per heavy atom. The van der Waals surface area contributed by atoms with Gasteiger partial charge in [0.1, 0.15) is 17.1 Å². The molecular formula is C25H19ClFNO4. The van der Waals surface area contributed by atoms with Crippen LogP contribution in [0.15, 0.2) is 66.7 Å². The first-order chi connectivity index (χ1) is 15.4. The van der Waals surface area contributed by atoms with E-state index in [1.807, 2.05) is 41.8 Å². The minimum Gasteiger partial charge on any atom is -0.462 e. The molecule has 0 amide bonds. The number of aromatic nitrogens is 1. The lowest BCUT2D eigenvalue weighted by Crippen LogP contribution is -2.11. The van der Waals surface area contributed by atoms with Crippen LogP contribution in [0.25, 0.3) is 16.6 Å². The van der Waals surface area contributed by atoms with E-state index < -0.39 is 17.8 Å². The van der Waals surface area contributed by atoms with Crippen molar-refractivity contribution in [2.75, 3.05) is 6.61 Å². The lowest BCUT2D eigenvalue weighted by Gasteiger charge is -2.09. The molecule has 0 N–H and O–H groups in total. The topological polar surface area (TPSA) is 57.5 Å². The first-order valence-corrected chi connectivity index (χ1v) is 10.3. The largest absolute Gasteiger partial charge is 0.462 e. The smallest absolute Gasteiger partial charge is 0.348 e. The van der Waals surface area contributed by atoms with Gasteiger partial charge in [0.15, 0.2) is 0 Å². The quantitative estimate of drug-likeness (QED) is 0.270. The molecule has 0 atom stereocenters. The van der Waals surface area contributed by atoms with Gasteiger partial charge in [-0.05, 0) is 56.3 Å². The molecule has 0 saturated carbocycles. The molecule has 5 nitrogen and oxygen atoms in total. The zero-order valence-electron chi connectivity index (χ0n) is 17.4. The van der Waals surface area contributed by atoms with Crippen LogP contribution in [0.4, 0.5) is 4.39 Å². The number of halogens is 2. The van der Waals surface area contributed by atoms with Crippen molar-refractivity contribution in [3.63, 3.8) is 0 Å². The summed E-state index contributed by atoms with van der Waals surface area (Å²) in [5, 5.41) is 0.504. The SMILES string of the molecule is CCOC(=O)c1c(C)n(-c2ccccc2)c2ccc(OC(=O)c3c(F)cccc3Cl)cc12. The van der Waals surface area contributed by atoms with Gasteiger partial charge in [0.05, 0.1) is 22.7 Å². The van der Waals surface area contributed by atoms with Gasteiger partial charge >= 0.3 is 11.9 Å². The number of para-hydroxylation sites is 1. The zero-order chi connectivity index (χ0) is 22.8. The van der Waals surface area contributed by atoms with E-state index in [2.05, 4.69) is 0 Å². The molecule has 0 aliphatic carbocycles. The third-order valence-corrected chi connectivity index (χ3v) is 5.36. The lowest BCUT2D eigenvalue weighted by atomic mass is 10.1. The van der Waals surface area contributed by atoms with Crippen LogP contribution < -0.4 is 4.74 Å².